The molecule has 0 amide bonds. The Morgan fingerprint density at radius 1 is 1.47 bits per heavy atom. The van der Waals surface area contributed by atoms with Gasteiger partial charge in [0.1, 0.15) is 5.82 Å². The molecular weight excluding hydrogens is 286 g/mol. The Hall–Kier alpha value is -0.570. The normalized spacial score (nSPS) is 11.9. The Balaban J connectivity index is 2.47. The number of imidazole rings is 1. The summed E-state index contributed by atoms with van der Waals surface area (Å²) in [7, 11) is -3.51. The lowest BCUT2D eigenvalue weighted by atomic mass is 10.5. The molecule has 1 aromatic heterocycles. The number of hydrogen-bond donors (Lipinski definition) is 2. The number of rotatable bonds is 9. The second-order valence-electron chi connectivity index (χ2n) is 4.00. The summed E-state index contributed by atoms with van der Waals surface area (Å²) < 4.78 is 28.3. The second-order valence-corrected chi connectivity index (χ2v) is 6.94. The lowest BCUT2D eigenvalue weighted by Crippen LogP contribution is -2.26. The predicted octanol–water partition coefficient (Wildman–Crippen LogP) is 0.605. The van der Waals surface area contributed by atoms with E-state index in [4.69, 9.17) is 5.11 Å². The molecule has 0 aliphatic carbocycles. The number of aromatic nitrogens is 2. The monoisotopic (exact) mass is 307 g/mol. The molecule has 6 nitrogen and oxygen atoms in total. The number of thioether (sulfide) groups is 1. The van der Waals surface area contributed by atoms with Crippen LogP contribution in [0.4, 0.5) is 0 Å². The Bertz CT molecular complexity index is 485. The summed E-state index contributed by atoms with van der Waals surface area (Å²) in [4.78, 5) is 4.05. The number of aliphatic hydroxyl groups is 1. The van der Waals surface area contributed by atoms with Crippen LogP contribution in [0.5, 0.6) is 0 Å². The molecule has 0 aliphatic heterocycles. The van der Waals surface area contributed by atoms with Crippen molar-refractivity contribution in [3.63, 3.8) is 0 Å². The number of sulfonamides is 1. The van der Waals surface area contributed by atoms with Gasteiger partial charge in [0.15, 0.2) is 5.03 Å². The van der Waals surface area contributed by atoms with Gasteiger partial charge in [-0.25, -0.2) is 18.1 Å². The maximum absolute atomic E-state index is 12.0. The van der Waals surface area contributed by atoms with Gasteiger partial charge in [0.25, 0.3) is 10.0 Å². The van der Waals surface area contributed by atoms with Crippen LogP contribution in [0.2, 0.25) is 0 Å². The topological polar surface area (TPSA) is 84.2 Å². The van der Waals surface area contributed by atoms with E-state index in [1.54, 1.807) is 29.4 Å². The highest BCUT2D eigenvalue weighted by Crippen LogP contribution is 2.09. The van der Waals surface area contributed by atoms with E-state index in [1.807, 2.05) is 6.92 Å². The highest BCUT2D eigenvalue weighted by molar-refractivity contribution is 7.99. The van der Waals surface area contributed by atoms with Gasteiger partial charge in [-0.05, 0) is 26.0 Å². The van der Waals surface area contributed by atoms with Gasteiger partial charge in [0.05, 0.1) is 0 Å². The third-order valence-electron chi connectivity index (χ3n) is 2.56. The van der Waals surface area contributed by atoms with Crippen LogP contribution in [0.1, 0.15) is 19.2 Å². The van der Waals surface area contributed by atoms with Crippen LogP contribution in [0.3, 0.4) is 0 Å². The average Bonchev–Trinajstić information content (AvgIpc) is 2.76. The highest BCUT2D eigenvalue weighted by Gasteiger charge is 2.18. The number of aliphatic hydroxyl groups excluding tert-OH is 1. The molecule has 19 heavy (non-hydrogen) atoms. The van der Waals surface area contributed by atoms with Gasteiger partial charge in [0, 0.05) is 31.6 Å². The lowest BCUT2D eigenvalue weighted by Gasteiger charge is -2.03. The molecule has 0 spiro atoms. The molecule has 8 heteroatoms. The van der Waals surface area contributed by atoms with Crippen LogP contribution in [-0.4, -0.2) is 47.7 Å². The molecule has 1 aromatic rings. The van der Waals surface area contributed by atoms with E-state index in [1.165, 1.54) is 0 Å². The molecule has 0 aliphatic rings. The van der Waals surface area contributed by atoms with Gasteiger partial charge in [0.2, 0.25) is 0 Å². The van der Waals surface area contributed by atoms with E-state index < -0.39 is 10.0 Å². The summed E-state index contributed by atoms with van der Waals surface area (Å²) in [5.74, 6) is 2.22. The third-order valence-corrected chi connectivity index (χ3v) is 4.96. The van der Waals surface area contributed by atoms with Crippen molar-refractivity contribution in [2.24, 2.45) is 0 Å². The zero-order valence-electron chi connectivity index (χ0n) is 11.3. The first-order valence-electron chi connectivity index (χ1n) is 6.23. The fraction of sp³-hybridized carbons (Fsp3) is 0.727. The minimum Gasteiger partial charge on any atom is -0.396 e. The maximum atomic E-state index is 12.0. The van der Waals surface area contributed by atoms with Crippen molar-refractivity contribution in [3.8, 4) is 0 Å². The minimum absolute atomic E-state index is 0.0761. The van der Waals surface area contributed by atoms with Crippen LogP contribution >= 0.6 is 11.8 Å². The zero-order chi connectivity index (χ0) is 14.3. The van der Waals surface area contributed by atoms with E-state index in [9.17, 15) is 8.42 Å². The first-order valence-corrected chi connectivity index (χ1v) is 8.87. The minimum atomic E-state index is -3.51. The van der Waals surface area contributed by atoms with E-state index in [0.717, 1.165) is 12.2 Å². The Morgan fingerprint density at radius 3 is 2.79 bits per heavy atom. The van der Waals surface area contributed by atoms with Gasteiger partial charge >= 0.3 is 0 Å². The first kappa shape index (κ1) is 16.5. The van der Waals surface area contributed by atoms with Crippen molar-refractivity contribution in [2.75, 3.05) is 24.7 Å². The van der Waals surface area contributed by atoms with Gasteiger partial charge < -0.3 is 9.67 Å². The molecule has 0 saturated carbocycles. The molecule has 0 radical (unpaired) electrons. The molecule has 0 aromatic carbocycles. The number of aryl methyl sites for hydroxylation is 2. The summed E-state index contributed by atoms with van der Waals surface area (Å²) in [5.41, 5.74) is 0. The molecule has 0 fully saturated rings. The van der Waals surface area contributed by atoms with Gasteiger partial charge in [-0.1, -0.05) is 0 Å². The highest BCUT2D eigenvalue weighted by atomic mass is 32.2. The molecular formula is C11H21N3O3S2. The molecule has 2 N–H and O–H groups in total. The summed E-state index contributed by atoms with van der Waals surface area (Å²) >= 11 is 1.61. The van der Waals surface area contributed by atoms with Crippen LogP contribution in [0.25, 0.3) is 0 Å². The SMILES string of the molecule is CCn1cc(S(=O)(=O)NCCSCCCO)nc1C. The first-order chi connectivity index (χ1) is 9.01. The van der Waals surface area contributed by atoms with Crippen LogP contribution in [-0.2, 0) is 16.6 Å². The molecule has 1 rings (SSSR count). The quantitative estimate of drug-likeness (QED) is 0.653. The Kier molecular flexibility index (Phi) is 6.84. The fourth-order valence-corrected chi connectivity index (χ4v) is 3.47. The van der Waals surface area contributed by atoms with Crippen molar-refractivity contribution < 1.29 is 13.5 Å². The molecule has 0 saturated heterocycles. The number of hydrogen-bond acceptors (Lipinski definition) is 5. The van der Waals surface area contributed by atoms with Crippen molar-refractivity contribution in [1.29, 1.82) is 0 Å². The van der Waals surface area contributed by atoms with E-state index in [0.29, 0.717) is 24.7 Å². The molecule has 110 valence electrons. The molecule has 0 bridgehead atoms. The van der Waals surface area contributed by atoms with Gasteiger partial charge in [-0.3, -0.25) is 0 Å². The predicted molar refractivity (Wildman–Crippen MR) is 76.9 cm³/mol. The van der Waals surface area contributed by atoms with Crippen molar-refractivity contribution >= 4 is 21.8 Å². The Morgan fingerprint density at radius 2 is 2.21 bits per heavy atom. The largest absolute Gasteiger partial charge is 0.396 e. The van der Waals surface area contributed by atoms with Crippen LogP contribution in [0, 0.1) is 6.92 Å². The third kappa shape index (κ3) is 5.13. The van der Waals surface area contributed by atoms with E-state index in [-0.39, 0.29) is 11.6 Å². The molecule has 0 atom stereocenters. The zero-order valence-corrected chi connectivity index (χ0v) is 12.9. The van der Waals surface area contributed by atoms with Crippen LogP contribution in [0.15, 0.2) is 11.2 Å². The van der Waals surface area contributed by atoms with Crippen molar-refractivity contribution in [3.05, 3.63) is 12.0 Å². The van der Waals surface area contributed by atoms with E-state index in [2.05, 4.69) is 9.71 Å². The smallest absolute Gasteiger partial charge is 0.259 e. The molecule has 1 heterocycles. The molecule has 0 unspecified atom stereocenters. The maximum Gasteiger partial charge on any atom is 0.259 e. The second kappa shape index (κ2) is 7.88. The van der Waals surface area contributed by atoms with E-state index >= 15 is 0 Å². The van der Waals surface area contributed by atoms with Crippen molar-refractivity contribution in [2.45, 2.75) is 31.8 Å². The number of nitrogens with one attached hydrogen (secondary N) is 1. The van der Waals surface area contributed by atoms with Gasteiger partial charge in [-0.15, -0.1) is 0 Å². The summed E-state index contributed by atoms with van der Waals surface area (Å²) in [6, 6.07) is 0. The van der Waals surface area contributed by atoms with Crippen molar-refractivity contribution in [1.82, 2.24) is 14.3 Å². The fourth-order valence-electron chi connectivity index (χ4n) is 1.52. The van der Waals surface area contributed by atoms with Gasteiger partial charge in [-0.2, -0.15) is 11.8 Å². The number of nitrogens with zero attached hydrogens (tertiary/aromatic N) is 2. The average molecular weight is 307 g/mol. The lowest BCUT2D eigenvalue weighted by molar-refractivity contribution is 0.296. The van der Waals surface area contributed by atoms with Crippen LogP contribution < -0.4 is 4.72 Å². The summed E-state index contributed by atoms with van der Waals surface area (Å²) in [6.45, 7) is 4.97. The summed E-state index contributed by atoms with van der Waals surface area (Å²) in [5, 5.41) is 8.69. The summed E-state index contributed by atoms with van der Waals surface area (Å²) in [6.07, 6.45) is 2.29. The standard InChI is InChI=1S/C11H21N3O3S2/c1-3-14-9-11(13-10(14)2)19(16,17)12-5-8-18-7-4-6-15/h9,12,15H,3-8H2,1-2H3. The Labute approximate surface area is 118 Å².